The van der Waals surface area contributed by atoms with Crippen molar-refractivity contribution < 1.29 is 23.8 Å². The summed E-state index contributed by atoms with van der Waals surface area (Å²) in [5.41, 5.74) is -0.449. The van der Waals surface area contributed by atoms with Gasteiger partial charge in [0.15, 0.2) is 17.6 Å². The minimum absolute atomic E-state index is 0.266. The molecule has 0 N–H and O–H groups in total. The zero-order chi connectivity index (χ0) is 20.0. The maximum absolute atomic E-state index is 12.9. The third-order valence-corrected chi connectivity index (χ3v) is 5.10. The molecule has 1 unspecified atom stereocenters. The van der Waals surface area contributed by atoms with Gasteiger partial charge in [0, 0.05) is 7.05 Å². The molecule has 1 aromatic rings. The lowest BCUT2D eigenvalue weighted by atomic mass is 9.81. The van der Waals surface area contributed by atoms with Gasteiger partial charge in [-0.1, -0.05) is 19.3 Å². The predicted molar refractivity (Wildman–Crippen MR) is 98.6 cm³/mol. The quantitative estimate of drug-likeness (QED) is 0.711. The molecule has 7 nitrogen and oxygen atoms in total. The maximum Gasteiger partial charge on any atom is 0.337 e. The topological polar surface area (TPSA) is 88.9 Å². The monoisotopic (exact) mass is 374 g/mol. The fourth-order valence-corrected chi connectivity index (χ4v) is 3.39. The number of ether oxygens (including phenoxy) is 3. The summed E-state index contributed by atoms with van der Waals surface area (Å²) in [6.07, 6.45) is 3.50. The normalized spacial score (nSPS) is 16.6. The molecule has 0 saturated heterocycles. The molecule has 1 amide bonds. The van der Waals surface area contributed by atoms with Gasteiger partial charge in [0.1, 0.15) is 5.54 Å². The molecule has 0 spiro atoms. The van der Waals surface area contributed by atoms with Gasteiger partial charge in [-0.25, -0.2) is 4.79 Å². The summed E-state index contributed by atoms with van der Waals surface area (Å²) in [6, 6.07) is 6.95. The number of hydrogen-bond acceptors (Lipinski definition) is 6. The number of carbonyl (C=O) groups is 2. The van der Waals surface area contributed by atoms with E-state index in [-0.39, 0.29) is 5.91 Å². The minimum atomic E-state index is -0.806. The second kappa shape index (κ2) is 8.76. The SMILES string of the molecule is COC(=O)c1ccc(OC(C)C(=O)N(C)C2(C#N)CCCCC2)c(OC)c1. The Hall–Kier alpha value is -2.75. The van der Waals surface area contributed by atoms with E-state index in [0.29, 0.717) is 29.9 Å². The summed E-state index contributed by atoms with van der Waals surface area (Å²) < 4.78 is 15.7. The number of hydrogen-bond donors (Lipinski definition) is 0. The number of amides is 1. The zero-order valence-corrected chi connectivity index (χ0v) is 16.3. The molecule has 1 saturated carbocycles. The Labute approximate surface area is 159 Å². The lowest BCUT2D eigenvalue weighted by Crippen LogP contribution is -2.53. The van der Waals surface area contributed by atoms with Crippen LogP contribution in [0.4, 0.5) is 0 Å². The van der Waals surface area contributed by atoms with Crippen LogP contribution < -0.4 is 9.47 Å². The van der Waals surface area contributed by atoms with Crippen molar-refractivity contribution >= 4 is 11.9 Å². The molecule has 2 rings (SSSR count). The number of methoxy groups -OCH3 is 2. The summed E-state index contributed by atoms with van der Waals surface area (Å²) in [5.74, 6) is -0.0866. The van der Waals surface area contributed by atoms with Crippen LogP contribution in [0, 0.1) is 11.3 Å². The van der Waals surface area contributed by atoms with Crippen LogP contribution in [0.2, 0.25) is 0 Å². The van der Waals surface area contributed by atoms with Gasteiger partial charge in [-0.05, 0) is 38.0 Å². The molecule has 0 bridgehead atoms. The van der Waals surface area contributed by atoms with Crippen LogP contribution in [0.1, 0.15) is 49.4 Å². The number of esters is 1. The fraction of sp³-hybridized carbons (Fsp3) is 0.550. The number of likely N-dealkylation sites (N-methyl/N-ethyl adjacent to an activating group) is 1. The van der Waals surface area contributed by atoms with Crippen LogP contribution in [0.5, 0.6) is 11.5 Å². The van der Waals surface area contributed by atoms with Gasteiger partial charge in [-0.3, -0.25) is 4.79 Å². The van der Waals surface area contributed by atoms with Gasteiger partial charge in [-0.15, -0.1) is 0 Å². The van der Waals surface area contributed by atoms with Crippen LogP contribution in [0.15, 0.2) is 18.2 Å². The molecule has 1 aliphatic rings. The number of carbonyl (C=O) groups excluding carboxylic acids is 2. The summed E-state index contributed by atoms with van der Waals surface area (Å²) in [7, 11) is 4.41. The number of rotatable bonds is 6. The maximum atomic E-state index is 12.9. The van der Waals surface area contributed by atoms with Crippen molar-refractivity contribution in [2.24, 2.45) is 0 Å². The standard InChI is InChI=1S/C20H26N2O5/c1-14(18(23)22(2)20(13-21)10-6-5-7-11-20)27-16-9-8-15(19(24)26-4)12-17(16)25-3/h8-9,12,14H,5-7,10-11H2,1-4H3. The van der Waals surface area contributed by atoms with Crippen LogP contribution in [-0.4, -0.2) is 49.7 Å². The van der Waals surface area contributed by atoms with Crippen LogP contribution in [0.3, 0.4) is 0 Å². The van der Waals surface area contributed by atoms with Gasteiger partial charge >= 0.3 is 5.97 Å². The number of nitrogens with zero attached hydrogens (tertiary/aromatic N) is 2. The highest BCUT2D eigenvalue weighted by Crippen LogP contribution is 2.34. The molecular weight excluding hydrogens is 348 g/mol. The lowest BCUT2D eigenvalue weighted by molar-refractivity contribution is -0.141. The van der Waals surface area contributed by atoms with E-state index in [1.54, 1.807) is 26.1 Å². The van der Waals surface area contributed by atoms with Crippen molar-refractivity contribution in [3.05, 3.63) is 23.8 Å². The summed E-state index contributed by atoms with van der Waals surface area (Å²) >= 11 is 0. The molecule has 1 atom stereocenters. The van der Waals surface area contributed by atoms with E-state index in [0.717, 1.165) is 19.3 Å². The van der Waals surface area contributed by atoms with E-state index in [1.165, 1.54) is 25.2 Å². The van der Waals surface area contributed by atoms with Gasteiger partial charge in [0.2, 0.25) is 0 Å². The molecular formula is C20H26N2O5. The van der Waals surface area contributed by atoms with Crippen LogP contribution in [0.25, 0.3) is 0 Å². The second-order valence-corrected chi connectivity index (χ2v) is 6.72. The Morgan fingerprint density at radius 1 is 1.19 bits per heavy atom. The Morgan fingerprint density at radius 3 is 2.41 bits per heavy atom. The highest BCUT2D eigenvalue weighted by atomic mass is 16.5. The average Bonchev–Trinajstić information content (AvgIpc) is 2.72. The molecule has 0 aromatic heterocycles. The Morgan fingerprint density at radius 2 is 1.85 bits per heavy atom. The Balaban J connectivity index is 2.16. The smallest absolute Gasteiger partial charge is 0.337 e. The molecule has 1 aromatic carbocycles. The summed E-state index contributed by atoms with van der Waals surface area (Å²) in [5, 5.41) is 9.67. The van der Waals surface area contributed by atoms with Crippen molar-refractivity contribution in [2.75, 3.05) is 21.3 Å². The minimum Gasteiger partial charge on any atom is -0.493 e. The van der Waals surface area contributed by atoms with Crippen molar-refractivity contribution in [3.63, 3.8) is 0 Å². The second-order valence-electron chi connectivity index (χ2n) is 6.72. The van der Waals surface area contributed by atoms with Crippen molar-refractivity contribution in [1.82, 2.24) is 4.90 Å². The highest BCUT2D eigenvalue weighted by Gasteiger charge is 2.40. The van der Waals surface area contributed by atoms with E-state index in [4.69, 9.17) is 14.2 Å². The van der Waals surface area contributed by atoms with Crippen LogP contribution >= 0.6 is 0 Å². The third kappa shape index (κ3) is 4.33. The van der Waals surface area contributed by atoms with Gasteiger partial charge in [-0.2, -0.15) is 5.26 Å². The average molecular weight is 374 g/mol. The number of benzene rings is 1. The van der Waals surface area contributed by atoms with E-state index >= 15 is 0 Å². The first-order chi connectivity index (χ1) is 12.9. The predicted octanol–water partition coefficient (Wildman–Crippen LogP) is 2.93. The molecule has 7 heteroatoms. The molecule has 0 radical (unpaired) electrons. The largest absolute Gasteiger partial charge is 0.493 e. The first kappa shape index (κ1) is 20.6. The molecule has 146 valence electrons. The van der Waals surface area contributed by atoms with Crippen molar-refractivity contribution in [3.8, 4) is 17.6 Å². The summed E-state index contributed by atoms with van der Waals surface area (Å²) in [4.78, 5) is 26.0. The van der Waals surface area contributed by atoms with Gasteiger partial charge in [0.05, 0.1) is 25.9 Å². The fourth-order valence-electron chi connectivity index (χ4n) is 3.39. The first-order valence-corrected chi connectivity index (χ1v) is 9.00. The zero-order valence-electron chi connectivity index (χ0n) is 16.3. The van der Waals surface area contributed by atoms with Gasteiger partial charge < -0.3 is 19.1 Å². The Bertz CT molecular complexity index is 734. The summed E-state index contributed by atoms with van der Waals surface area (Å²) in [6.45, 7) is 1.64. The third-order valence-electron chi connectivity index (χ3n) is 5.10. The highest BCUT2D eigenvalue weighted by molar-refractivity contribution is 5.90. The molecule has 0 aliphatic heterocycles. The molecule has 1 fully saturated rings. The van der Waals surface area contributed by atoms with E-state index in [9.17, 15) is 14.9 Å². The van der Waals surface area contributed by atoms with E-state index in [2.05, 4.69) is 6.07 Å². The Kier molecular flexibility index (Phi) is 6.67. The lowest BCUT2D eigenvalue weighted by Gasteiger charge is -2.40. The first-order valence-electron chi connectivity index (χ1n) is 9.00. The molecule has 1 aliphatic carbocycles. The number of nitriles is 1. The van der Waals surface area contributed by atoms with Crippen molar-refractivity contribution in [1.29, 1.82) is 5.26 Å². The van der Waals surface area contributed by atoms with E-state index in [1.807, 2.05) is 0 Å². The van der Waals surface area contributed by atoms with Crippen molar-refractivity contribution in [2.45, 2.75) is 50.7 Å². The molecule has 0 heterocycles. The van der Waals surface area contributed by atoms with E-state index < -0.39 is 17.6 Å². The van der Waals surface area contributed by atoms with Crippen LogP contribution in [-0.2, 0) is 9.53 Å². The molecule has 27 heavy (non-hydrogen) atoms. The van der Waals surface area contributed by atoms with Gasteiger partial charge in [0.25, 0.3) is 5.91 Å².